The van der Waals surface area contributed by atoms with Crippen LogP contribution < -0.4 is 16.0 Å². The van der Waals surface area contributed by atoms with Gasteiger partial charge in [-0.1, -0.05) is 18.2 Å². The number of amides is 3. The molecule has 1 unspecified atom stereocenters. The van der Waals surface area contributed by atoms with E-state index in [9.17, 15) is 9.59 Å². The van der Waals surface area contributed by atoms with E-state index >= 15 is 0 Å². The van der Waals surface area contributed by atoms with Gasteiger partial charge in [0.25, 0.3) is 5.91 Å². The predicted molar refractivity (Wildman–Crippen MR) is 119 cm³/mol. The maximum absolute atomic E-state index is 12.7. The van der Waals surface area contributed by atoms with Crippen molar-refractivity contribution < 1.29 is 14.3 Å². The Morgan fingerprint density at radius 3 is 2.45 bits per heavy atom. The fourth-order valence-electron chi connectivity index (χ4n) is 3.48. The minimum Gasteiger partial charge on any atom is -0.376 e. The molecular weight excluding hydrogens is 394 g/mol. The number of nitrogens with zero attached hydrogens (tertiary/aromatic N) is 2. The van der Waals surface area contributed by atoms with Crippen LogP contribution in [0.3, 0.4) is 0 Å². The smallest absolute Gasteiger partial charge is 0.319 e. The first kappa shape index (κ1) is 20.6. The summed E-state index contributed by atoms with van der Waals surface area (Å²) in [4.78, 5) is 24.7. The summed E-state index contributed by atoms with van der Waals surface area (Å²) in [5.74, 6) is -0.241. The average Bonchev–Trinajstić information content (AvgIpc) is 3.44. The molecule has 0 spiro atoms. The summed E-state index contributed by atoms with van der Waals surface area (Å²) >= 11 is 0. The molecular formula is C23H25N5O3. The van der Waals surface area contributed by atoms with Crippen LogP contribution in [0.4, 0.5) is 16.2 Å². The molecule has 1 fully saturated rings. The van der Waals surface area contributed by atoms with Gasteiger partial charge in [-0.05, 0) is 56.2 Å². The highest BCUT2D eigenvalue weighted by Crippen LogP contribution is 2.18. The maximum atomic E-state index is 12.7. The summed E-state index contributed by atoms with van der Waals surface area (Å²) in [6.07, 6.45) is 3.66. The number of benzene rings is 2. The van der Waals surface area contributed by atoms with Crippen molar-refractivity contribution in [3.05, 3.63) is 72.1 Å². The molecule has 0 radical (unpaired) electrons. The standard InChI is InChI=1S/C23H25N5O3/c1-16-21(15-25-28(16)19-6-3-2-4-7-19)22(29)26-17-9-11-18(12-10-17)27-23(30)24-14-20-8-5-13-31-20/h2-4,6-7,9-12,15,20H,5,8,13-14H2,1H3,(H,26,29)(H2,24,27,30). The number of anilines is 2. The van der Waals surface area contributed by atoms with E-state index < -0.39 is 0 Å². The summed E-state index contributed by atoms with van der Waals surface area (Å²) in [6, 6.07) is 16.3. The second kappa shape index (κ2) is 9.44. The van der Waals surface area contributed by atoms with Crippen molar-refractivity contribution in [2.75, 3.05) is 23.8 Å². The molecule has 8 nitrogen and oxygen atoms in total. The topological polar surface area (TPSA) is 97.3 Å². The highest BCUT2D eigenvalue weighted by molar-refractivity contribution is 6.05. The predicted octanol–water partition coefficient (Wildman–Crippen LogP) is 3.73. The zero-order valence-electron chi connectivity index (χ0n) is 17.3. The van der Waals surface area contributed by atoms with E-state index in [1.165, 1.54) is 0 Å². The number of rotatable bonds is 6. The number of carbonyl (C=O) groups is 2. The Balaban J connectivity index is 1.33. The molecule has 1 atom stereocenters. The molecule has 4 rings (SSSR count). The van der Waals surface area contributed by atoms with E-state index in [4.69, 9.17) is 4.74 Å². The number of carbonyl (C=O) groups excluding carboxylic acids is 2. The maximum Gasteiger partial charge on any atom is 0.319 e. The molecule has 3 N–H and O–H groups in total. The molecule has 1 aliphatic heterocycles. The van der Waals surface area contributed by atoms with Crippen LogP contribution in [-0.4, -0.2) is 41.0 Å². The first-order valence-corrected chi connectivity index (χ1v) is 10.3. The van der Waals surface area contributed by atoms with Crippen LogP contribution in [0.1, 0.15) is 28.9 Å². The van der Waals surface area contributed by atoms with Gasteiger partial charge in [-0.2, -0.15) is 5.10 Å². The lowest BCUT2D eigenvalue weighted by atomic mass is 10.2. The van der Waals surface area contributed by atoms with Gasteiger partial charge in [0.2, 0.25) is 0 Å². The quantitative estimate of drug-likeness (QED) is 0.567. The van der Waals surface area contributed by atoms with E-state index in [0.717, 1.165) is 30.8 Å². The molecule has 1 aliphatic rings. The normalized spacial score (nSPS) is 15.5. The molecule has 0 saturated carbocycles. The first-order chi connectivity index (χ1) is 15.1. The molecule has 3 aromatic rings. The molecule has 1 aromatic heterocycles. The molecule has 0 aliphatic carbocycles. The number of urea groups is 1. The van der Waals surface area contributed by atoms with Crippen molar-refractivity contribution in [3.8, 4) is 5.69 Å². The van der Waals surface area contributed by atoms with Gasteiger partial charge in [-0.15, -0.1) is 0 Å². The van der Waals surface area contributed by atoms with Gasteiger partial charge >= 0.3 is 6.03 Å². The molecule has 2 heterocycles. The lowest BCUT2D eigenvalue weighted by Gasteiger charge is -2.12. The van der Waals surface area contributed by atoms with Crippen molar-refractivity contribution in [3.63, 3.8) is 0 Å². The Morgan fingerprint density at radius 1 is 1.06 bits per heavy atom. The number of hydrogen-bond acceptors (Lipinski definition) is 4. The highest BCUT2D eigenvalue weighted by atomic mass is 16.5. The van der Waals surface area contributed by atoms with Gasteiger partial charge < -0.3 is 20.7 Å². The van der Waals surface area contributed by atoms with E-state index in [1.54, 1.807) is 35.1 Å². The Hall–Kier alpha value is -3.65. The lowest BCUT2D eigenvalue weighted by Crippen LogP contribution is -2.35. The van der Waals surface area contributed by atoms with E-state index in [2.05, 4.69) is 21.0 Å². The van der Waals surface area contributed by atoms with E-state index in [0.29, 0.717) is 23.5 Å². The van der Waals surface area contributed by atoms with E-state index in [-0.39, 0.29) is 18.0 Å². The van der Waals surface area contributed by atoms with Gasteiger partial charge in [-0.25, -0.2) is 9.48 Å². The summed E-state index contributed by atoms with van der Waals surface area (Å²) in [5, 5.41) is 12.8. The van der Waals surface area contributed by atoms with Crippen LogP contribution in [-0.2, 0) is 4.74 Å². The number of nitrogens with one attached hydrogen (secondary N) is 3. The van der Waals surface area contributed by atoms with Crippen LogP contribution in [0.15, 0.2) is 60.8 Å². The Morgan fingerprint density at radius 2 is 1.77 bits per heavy atom. The summed E-state index contributed by atoms with van der Waals surface area (Å²) in [7, 11) is 0. The largest absolute Gasteiger partial charge is 0.376 e. The monoisotopic (exact) mass is 419 g/mol. The fourth-order valence-corrected chi connectivity index (χ4v) is 3.48. The van der Waals surface area contributed by atoms with Crippen molar-refractivity contribution in [2.24, 2.45) is 0 Å². The SMILES string of the molecule is Cc1c(C(=O)Nc2ccc(NC(=O)NCC3CCCO3)cc2)cnn1-c1ccccc1. The van der Waals surface area contributed by atoms with Crippen LogP contribution in [0.5, 0.6) is 0 Å². The molecule has 160 valence electrons. The number of hydrogen-bond donors (Lipinski definition) is 3. The number of ether oxygens (including phenoxy) is 1. The van der Waals surface area contributed by atoms with Gasteiger partial charge in [0, 0.05) is 24.5 Å². The fraction of sp³-hybridized carbons (Fsp3) is 0.261. The third-order valence-electron chi connectivity index (χ3n) is 5.17. The van der Waals surface area contributed by atoms with Crippen LogP contribution >= 0.6 is 0 Å². The molecule has 1 saturated heterocycles. The Bertz CT molecular complexity index is 1040. The lowest BCUT2D eigenvalue weighted by molar-refractivity contribution is 0.102. The average molecular weight is 419 g/mol. The first-order valence-electron chi connectivity index (χ1n) is 10.3. The summed E-state index contributed by atoms with van der Waals surface area (Å²) < 4.78 is 7.22. The van der Waals surface area contributed by atoms with Gasteiger partial charge in [0.1, 0.15) is 0 Å². The third-order valence-corrected chi connectivity index (χ3v) is 5.17. The molecule has 31 heavy (non-hydrogen) atoms. The van der Waals surface area contributed by atoms with Crippen LogP contribution in [0.25, 0.3) is 5.69 Å². The van der Waals surface area contributed by atoms with Crippen molar-refractivity contribution in [2.45, 2.75) is 25.9 Å². The Kier molecular flexibility index (Phi) is 6.28. The number of aromatic nitrogens is 2. The van der Waals surface area contributed by atoms with Crippen LogP contribution in [0.2, 0.25) is 0 Å². The summed E-state index contributed by atoms with van der Waals surface area (Å²) in [5.41, 5.74) is 3.41. The van der Waals surface area contributed by atoms with E-state index in [1.807, 2.05) is 37.3 Å². The van der Waals surface area contributed by atoms with Gasteiger partial charge in [-0.3, -0.25) is 4.79 Å². The molecule has 2 aromatic carbocycles. The second-order valence-corrected chi connectivity index (χ2v) is 7.39. The molecule has 0 bridgehead atoms. The molecule has 3 amide bonds. The molecule has 8 heteroatoms. The third kappa shape index (κ3) is 5.10. The van der Waals surface area contributed by atoms with Crippen LogP contribution in [0, 0.1) is 6.92 Å². The highest BCUT2D eigenvalue weighted by Gasteiger charge is 2.17. The summed E-state index contributed by atoms with van der Waals surface area (Å²) in [6.45, 7) is 3.11. The van der Waals surface area contributed by atoms with Crippen molar-refractivity contribution >= 4 is 23.3 Å². The van der Waals surface area contributed by atoms with Crippen molar-refractivity contribution in [1.82, 2.24) is 15.1 Å². The van der Waals surface area contributed by atoms with Gasteiger partial charge in [0.15, 0.2) is 0 Å². The van der Waals surface area contributed by atoms with Gasteiger partial charge in [0.05, 0.1) is 29.2 Å². The minimum absolute atomic E-state index is 0.0954. The second-order valence-electron chi connectivity index (χ2n) is 7.39. The zero-order chi connectivity index (χ0) is 21.6. The minimum atomic E-state index is -0.281. The zero-order valence-corrected chi connectivity index (χ0v) is 17.3. The Labute approximate surface area is 180 Å². The van der Waals surface area contributed by atoms with Crippen molar-refractivity contribution in [1.29, 1.82) is 0 Å². The number of para-hydroxylation sites is 1.